The fourth-order valence-corrected chi connectivity index (χ4v) is 1.14. The van der Waals surface area contributed by atoms with Crippen LogP contribution >= 0.6 is 0 Å². The molecule has 0 aromatic heterocycles. The molecule has 74 valence electrons. The van der Waals surface area contributed by atoms with Gasteiger partial charge in [0.05, 0.1) is 6.04 Å². The third-order valence-electron chi connectivity index (χ3n) is 1.80. The average Bonchev–Trinajstić information content (AvgIpc) is 2.01. The second-order valence-corrected chi connectivity index (χ2v) is 2.85. The van der Waals surface area contributed by atoms with E-state index in [-0.39, 0.29) is 12.4 Å². The largest absolute Gasteiger partial charge is 0.480 e. The van der Waals surface area contributed by atoms with Crippen LogP contribution in [0.5, 0.6) is 0 Å². The smallest absolute Gasteiger partial charge is 0.322 e. The number of guanidine groups is 1. The SMILES string of the molecule is NC1=NC(O)CC(C(N)C(=O)O)N1. The highest BCUT2D eigenvalue weighted by atomic mass is 16.4. The molecule has 1 rings (SSSR count). The Hall–Kier alpha value is -1.34. The number of nitrogens with two attached hydrogens (primary N) is 2. The fraction of sp³-hybridized carbons (Fsp3) is 0.667. The molecule has 3 atom stereocenters. The summed E-state index contributed by atoms with van der Waals surface area (Å²) in [6.45, 7) is 0. The number of aliphatic imine (C=N–C) groups is 1. The Morgan fingerprint density at radius 3 is 2.85 bits per heavy atom. The molecule has 0 amide bonds. The quantitative estimate of drug-likeness (QED) is 0.322. The average molecular weight is 188 g/mol. The van der Waals surface area contributed by atoms with Gasteiger partial charge in [-0.3, -0.25) is 4.79 Å². The molecule has 13 heavy (non-hydrogen) atoms. The molecule has 0 radical (unpaired) electrons. The lowest BCUT2D eigenvalue weighted by Crippen LogP contribution is -2.57. The Morgan fingerprint density at radius 1 is 1.77 bits per heavy atom. The van der Waals surface area contributed by atoms with Gasteiger partial charge in [0.25, 0.3) is 0 Å². The highest BCUT2D eigenvalue weighted by Gasteiger charge is 2.29. The van der Waals surface area contributed by atoms with Crippen molar-refractivity contribution in [3.63, 3.8) is 0 Å². The number of hydrogen-bond donors (Lipinski definition) is 5. The molecule has 0 aliphatic carbocycles. The molecule has 1 aliphatic rings. The van der Waals surface area contributed by atoms with E-state index < -0.39 is 24.3 Å². The summed E-state index contributed by atoms with van der Waals surface area (Å²) in [5.41, 5.74) is 10.6. The van der Waals surface area contributed by atoms with Gasteiger partial charge in [-0.2, -0.15) is 0 Å². The molecule has 7 nitrogen and oxygen atoms in total. The monoisotopic (exact) mass is 188 g/mol. The third kappa shape index (κ3) is 2.30. The summed E-state index contributed by atoms with van der Waals surface area (Å²) in [5.74, 6) is -1.13. The maximum Gasteiger partial charge on any atom is 0.322 e. The molecular weight excluding hydrogens is 176 g/mol. The van der Waals surface area contributed by atoms with Gasteiger partial charge in [0.2, 0.25) is 0 Å². The summed E-state index contributed by atoms with van der Waals surface area (Å²) in [6, 6.07) is -1.67. The lowest BCUT2D eigenvalue weighted by molar-refractivity contribution is -0.139. The van der Waals surface area contributed by atoms with E-state index in [1.807, 2.05) is 0 Å². The number of nitrogens with one attached hydrogen (secondary N) is 1. The molecule has 0 aromatic rings. The molecule has 1 heterocycles. The van der Waals surface area contributed by atoms with Gasteiger partial charge in [-0.1, -0.05) is 0 Å². The third-order valence-corrected chi connectivity index (χ3v) is 1.80. The van der Waals surface area contributed by atoms with Crippen molar-refractivity contribution in [2.24, 2.45) is 16.5 Å². The number of nitrogens with zero attached hydrogens (tertiary/aromatic N) is 1. The first-order valence-corrected chi connectivity index (χ1v) is 3.77. The molecule has 0 spiro atoms. The maximum absolute atomic E-state index is 10.5. The standard InChI is InChI=1S/C6H12N4O3/c7-4(5(12)13)2-1-3(11)10-6(8)9-2/h2-4,11H,1,7H2,(H,12,13)(H3,8,9,10). The Balaban J connectivity index is 2.64. The zero-order chi connectivity index (χ0) is 10.0. The number of aliphatic carboxylic acids is 1. The summed E-state index contributed by atoms with van der Waals surface area (Å²) < 4.78 is 0. The van der Waals surface area contributed by atoms with Crippen molar-refractivity contribution < 1.29 is 15.0 Å². The Bertz CT molecular complexity index is 242. The van der Waals surface area contributed by atoms with Crippen LogP contribution in [0.15, 0.2) is 4.99 Å². The minimum Gasteiger partial charge on any atom is -0.480 e. The van der Waals surface area contributed by atoms with Crippen LogP contribution in [0.4, 0.5) is 0 Å². The molecule has 0 fully saturated rings. The van der Waals surface area contributed by atoms with Crippen molar-refractivity contribution in [2.45, 2.75) is 24.7 Å². The molecule has 0 aromatic carbocycles. The Labute approximate surface area is 74.4 Å². The molecule has 3 unspecified atom stereocenters. The summed E-state index contributed by atoms with van der Waals surface area (Å²) in [4.78, 5) is 14.0. The van der Waals surface area contributed by atoms with Gasteiger partial charge >= 0.3 is 5.97 Å². The fourth-order valence-electron chi connectivity index (χ4n) is 1.14. The van der Waals surface area contributed by atoms with Gasteiger partial charge in [-0.25, -0.2) is 4.99 Å². The normalized spacial score (nSPS) is 30.2. The highest BCUT2D eigenvalue weighted by Crippen LogP contribution is 2.07. The van der Waals surface area contributed by atoms with Crippen LogP contribution in [0, 0.1) is 0 Å². The maximum atomic E-state index is 10.5. The number of aliphatic hydroxyl groups excluding tert-OH is 1. The van der Waals surface area contributed by atoms with Gasteiger partial charge in [0, 0.05) is 6.42 Å². The minimum atomic E-state index is -1.14. The number of rotatable bonds is 2. The first kappa shape index (κ1) is 9.75. The van der Waals surface area contributed by atoms with Crippen LogP contribution in [0.1, 0.15) is 6.42 Å². The van der Waals surface area contributed by atoms with E-state index in [0.29, 0.717) is 0 Å². The van der Waals surface area contributed by atoms with Crippen LogP contribution in [-0.4, -0.2) is 40.5 Å². The van der Waals surface area contributed by atoms with Crippen LogP contribution in [0.2, 0.25) is 0 Å². The number of carboxylic acids is 1. The van der Waals surface area contributed by atoms with Gasteiger partial charge in [0.1, 0.15) is 6.04 Å². The zero-order valence-electron chi connectivity index (χ0n) is 6.84. The van der Waals surface area contributed by atoms with Crippen molar-refractivity contribution in [3.05, 3.63) is 0 Å². The Kier molecular flexibility index (Phi) is 2.69. The molecule has 0 saturated carbocycles. The van der Waals surface area contributed by atoms with E-state index in [1.54, 1.807) is 0 Å². The lowest BCUT2D eigenvalue weighted by Gasteiger charge is -2.27. The van der Waals surface area contributed by atoms with E-state index in [9.17, 15) is 4.79 Å². The van der Waals surface area contributed by atoms with Crippen molar-refractivity contribution >= 4 is 11.9 Å². The van der Waals surface area contributed by atoms with E-state index in [4.69, 9.17) is 21.7 Å². The van der Waals surface area contributed by atoms with Crippen LogP contribution in [0.3, 0.4) is 0 Å². The Morgan fingerprint density at radius 2 is 2.38 bits per heavy atom. The van der Waals surface area contributed by atoms with Gasteiger partial charge in [-0.15, -0.1) is 0 Å². The molecular formula is C6H12N4O3. The second kappa shape index (κ2) is 3.58. The molecule has 0 saturated heterocycles. The van der Waals surface area contributed by atoms with Crippen molar-refractivity contribution in [1.29, 1.82) is 0 Å². The van der Waals surface area contributed by atoms with Gasteiger partial charge in [0.15, 0.2) is 12.2 Å². The summed E-state index contributed by atoms with van der Waals surface area (Å²) >= 11 is 0. The summed E-state index contributed by atoms with van der Waals surface area (Å²) in [7, 11) is 0. The first-order chi connectivity index (χ1) is 6.00. The number of hydrogen-bond acceptors (Lipinski definition) is 6. The zero-order valence-corrected chi connectivity index (χ0v) is 6.84. The highest BCUT2D eigenvalue weighted by molar-refractivity contribution is 5.81. The molecule has 1 aliphatic heterocycles. The number of aliphatic hydroxyl groups is 1. The van der Waals surface area contributed by atoms with E-state index in [2.05, 4.69) is 10.3 Å². The van der Waals surface area contributed by atoms with Gasteiger partial charge < -0.3 is 27.0 Å². The van der Waals surface area contributed by atoms with Crippen LogP contribution < -0.4 is 16.8 Å². The molecule has 0 bridgehead atoms. The number of carbonyl (C=O) groups is 1. The summed E-state index contributed by atoms with van der Waals surface area (Å²) in [5, 5.41) is 20.3. The van der Waals surface area contributed by atoms with Crippen LogP contribution in [-0.2, 0) is 4.79 Å². The van der Waals surface area contributed by atoms with E-state index in [0.717, 1.165) is 0 Å². The minimum absolute atomic E-state index is 0.0143. The van der Waals surface area contributed by atoms with Crippen molar-refractivity contribution in [2.75, 3.05) is 0 Å². The number of carboxylic acid groups (broad SMARTS) is 1. The predicted molar refractivity (Wildman–Crippen MR) is 44.8 cm³/mol. The lowest BCUT2D eigenvalue weighted by atomic mass is 10.0. The van der Waals surface area contributed by atoms with Crippen molar-refractivity contribution in [1.82, 2.24) is 5.32 Å². The van der Waals surface area contributed by atoms with Gasteiger partial charge in [-0.05, 0) is 0 Å². The predicted octanol–water partition coefficient (Wildman–Crippen LogP) is -2.61. The van der Waals surface area contributed by atoms with E-state index in [1.165, 1.54) is 0 Å². The van der Waals surface area contributed by atoms with Crippen LogP contribution in [0.25, 0.3) is 0 Å². The first-order valence-electron chi connectivity index (χ1n) is 3.77. The molecule has 7 N–H and O–H groups in total. The second-order valence-electron chi connectivity index (χ2n) is 2.85. The molecule has 7 heteroatoms. The summed E-state index contributed by atoms with van der Waals surface area (Å²) in [6.07, 6.45) is -0.828. The van der Waals surface area contributed by atoms with E-state index >= 15 is 0 Å². The van der Waals surface area contributed by atoms with Crippen molar-refractivity contribution in [3.8, 4) is 0 Å². The topological polar surface area (TPSA) is 134 Å².